The van der Waals surface area contributed by atoms with Gasteiger partial charge in [0.15, 0.2) is 0 Å². The molecule has 0 N–H and O–H groups in total. The molecule has 4 heteroatoms. The van der Waals surface area contributed by atoms with Crippen LogP contribution < -0.4 is 0 Å². The lowest BCUT2D eigenvalue weighted by atomic mass is 10.1. The molecule has 0 unspecified atom stereocenters. The Morgan fingerprint density at radius 1 is 1.38 bits per heavy atom. The highest BCUT2D eigenvalue weighted by Crippen LogP contribution is 2.08. The Morgan fingerprint density at radius 2 is 2.00 bits per heavy atom. The van der Waals surface area contributed by atoms with Crippen molar-refractivity contribution in [2.45, 2.75) is 0 Å². The van der Waals surface area contributed by atoms with E-state index < -0.39 is 10.0 Å². The second-order valence-electron chi connectivity index (χ2n) is 3.26. The minimum absolute atomic E-state index is 0.757. The molecule has 0 heterocycles. The van der Waals surface area contributed by atoms with Crippen LogP contribution in [0.3, 0.4) is 0 Å². The van der Waals surface area contributed by atoms with E-state index in [9.17, 15) is 8.42 Å². The zero-order chi connectivity index (χ0) is 12.2. The summed E-state index contributed by atoms with van der Waals surface area (Å²) in [5.74, 6) is 2.80. The maximum absolute atomic E-state index is 11.1. The fourth-order valence-corrected chi connectivity index (χ4v) is 1.22. The lowest BCUT2D eigenvalue weighted by molar-refractivity contribution is 0.554. The average Bonchev–Trinajstić information content (AvgIpc) is 2.24. The number of benzene rings is 1. The predicted molar refractivity (Wildman–Crippen MR) is 66.0 cm³/mol. The normalized spacial score (nSPS) is 10.1. The smallest absolute Gasteiger partial charge is 0.232 e. The van der Waals surface area contributed by atoms with Gasteiger partial charge in [-0.05, 0) is 17.6 Å². The topological polar surface area (TPSA) is 37.4 Å². The van der Waals surface area contributed by atoms with Gasteiger partial charge in [0.2, 0.25) is 10.0 Å². The summed E-state index contributed by atoms with van der Waals surface area (Å²) in [6, 6.07) is 9.98. The van der Waals surface area contributed by atoms with Crippen LogP contribution in [0.25, 0.3) is 6.08 Å². The minimum Gasteiger partial charge on any atom is -0.232 e. The number of sulfonamides is 1. The fourth-order valence-electron chi connectivity index (χ4n) is 1.01. The highest BCUT2D eigenvalue weighted by molar-refractivity contribution is 7.88. The highest BCUT2D eigenvalue weighted by Gasteiger charge is 2.04. The van der Waals surface area contributed by atoms with Crippen LogP contribution in [0.4, 0.5) is 0 Å². The summed E-state index contributed by atoms with van der Waals surface area (Å²) >= 11 is 0. The first-order chi connectivity index (χ1) is 7.45. The minimum atomic E-state index is -3.26. The molecule has 84 valence electrons. The van der Waals surface area contributed by atoms with Gasteiger partial charge in [0.25, 0.3) is 0 Å². The molecule has 0 spiro atoms. The molecule has 0 aliphatic rings. The summed E-state index contributed by atoms with van der Waals surface area (Å²) in [4.78, 5) is 0. The average molecular weight is 235 g/mol. The molecule has 0 radical (unpaired) electrons. The van der Waals surface area contributed by atoms with Gasteiger partial charge in [-0.15, -0.1) is 0 Å². The van der Waals surface area contributed by atoms with Crippen molar-refractivity contribution in [1.82, 2.24) is 4.31 Å². The Morgan fingerprint density at radius 3 is 2.56 bits per heavy atom. The maximum atomic E-state index is 11.1. The number of nitrogens with zero attached hydrogens (tertiary/aromatic N) is 1. The summed E-state index contributed by atoms with van der Waals surface area (Å²) in [7, 11) is -1.84. The van der Waals surface area contributed by atoms with Crippen LogP contribution in [-0.2, 0) is 10.0 Å². The Kier molecular flexibility index (Phi) is 3.75. The van der Waals surface area contributed by atoms with Gasteiger partial charge in [-0.25, -0.2) is 12.7 Å². The molecule has 0 aliphatic heterocycles. The first-order valence-corrected chi connectivity index (χ1v) is 6.47. The molecular formula is C12H13NO2S. The predicted octanol–water partition coefficient (Wildman–Crippen LogP) is 1.53. The Hall–Kier alpha value is -1.73. The molecule has 0 amide bonds. The van der Waals surface area contributed by atoms with Gasteiger partial charge in [0.05, 0.1) is 6.26 Å². The van der Waals surface area contributed by atoms with Crippen LogP contribution in [0.1, 0.15) is 11.1 Å². The fraction of sp³-hybridized carbons (Fsp3) is 0.167. The van der Waals surface area contributed by atoms with E-state index in [1.54, 1.807) is 6.08 Å². The monoisotopic (exact) mass is 235 g/mol. The molecule has 0 saturated carbocycles. The van der Waals surface area contributed by atoms with Crippen molar-refractivity contribution in [3.05, 3.63) is 42.0 Å². The van der Waals surface area contributed by atoms with E-state index in [2.05, 4.69) is 18.5 Å². The van der Waals surface area contributed by atoms with Crippen molar-refractivity contribution in [2.24, 2.45) is 0 Å². The van der Waals surface area contributed by atoms with Crippen molar-refractivity contribution in [2.75, 3.05) is 13.3 Å². The van der Waals surface area contributed by atoms with Crippen LogP contribution in [0.15, 0.2) is 30.8 Å². The van der Waals surface area contributed by atoms with Gasteiger partial charge in [-0.2, -0.15) is 0 Å². The van der Waals surface area contributed by atoms with Crippen molar-refractivity contribution in [3.8, 4) is 12.0 Å². The molecule has 3 nitrogen and oxygen atoms in total. The zero-order valence-electron chi connectivity index (χ0n) is 9.27. The van der Waals surface area contributed by atoms with E-state index in [0.717, 1.165) is 21.7 Å². The van der Waals surface area contributed by atoms with E-state index in [-0.39, 0.29) is 0 Å². The molecule has 0 saturated heterocycles. The van der Waals surface area contributed by atoms with Gasteiger partial charge in [0.1, 0.15) is 0 Å². The summed E-state index contributed by atoms with van der Waals surface area (Å²) in [5, 5.41) is 0. The van der Waals surface area contributed by atoms with E-state index >= 15 is 0 Å². The molecule has 16 heavy (non-hydrogen) atoms. The summed E-state index contributed by atoms with van der Waals surface area (Å²) < 4.78 is 23.2. The van der Waals surface area contributed by atoms with Crippen molar-refractivity contribution < 1.29 is 8.42 Å². The molecule has 0 bridgehead atoms. The van der Waals surface area contributed by atoms with E-state index in [0.29, 0.717) is 0 Å². The van der Waals surface area contributed by atoms with Crippen LogP contribution >= 0.6 is 0 Å². The second-order valence-corrected chi connectivity index (χ2v) is 5.27. The van der Waals surface area contributed by atoms with Crippen LogP contribution in [0.2, 0.25) is 0 Å². The summed E-state index contributed by atoms with van der Waals surface area (Å²) in [5.41, 5.74) is 1.64. The van der Waals surface area contributed by atoms with E-state index in [1.807, 2.05) is 24.3 Å². The Labute approximate surface area is 96.5 Å². The van der Waals surface area contributed by atoms with Gasteiger partial charge < -0.3 is 0 Å². The van der Waals surface area contributed by atoms with Crippen LogP contribution in [-0.4, -0.2) is 26.0 Å². The molecule has 0 fully saturated rings. The standard InChI is InChI=1S/C12H13NO2S/c1-4-11-7-5-6-8-12(11)9-10-13(2)16(3,14)15/h4-8H,1H2,2-3H3. The largest absolute Gasteiger partial charge is 0.238 e. The molecule has 0 atom stereocenters. The zero-order valence-corrected chi connectivity index (χ0v) is 10.1. The molecule has 1 aromatic rings. The molecule has 0 aromatic heterocycles. The first-order valence-electron chi connectivity index (χ1n) is 4.62. The lowest BCUT2D eigenvalue weighted by Gasteiger charge is -2.06. The number of rotatable bonds is 2. The summed E-state index contributed by atoms with van der Waals surface area (Å²) in [6.07, 6.45) is 2.80. The highest BCUT2D eigenvalue weighted by atomic mass is 32.2. The Balaban J connectivity index is 3.06. The van der Waals surface area contributed by atoms with Gasteiger partial charge in [0, 0.05) is 18.7 Å². The van der Waals surface area contributed by atoms with Crippen molar-refractivity contribution >= 4 is 16.1 Å². The molecular weight excluding hydrogens is 222 g/mol. The SMILES string of the molecule is C=Cc1ccccc1C#CN(C)S(C)(=O)=O. The van der Waals surface area contributed by atoms with Crippen molar-refractivity contribution in [3.63, 3.8) is 0 Å². The third kappa shape index (κ3) is 3.14. The van der Waals surface area contributed by atoms with Gasteiger partial charge in [-0.3, -0.25) is 0 Å². The first kappa shape index (κ1) is 12.3. The third-order valence-corrected chi connectivity index (χ3v) is 3.11. The lowest BCUT2D eigenvalue weighted by Crippen LogP contribution is -2.19. The number of hydrogen-bond acceptors (Lipinski definition) is 2. The molecule has 0 aliphatic carbocycles. The molecule has 1 aromatic carbocycles. The second kappa shape index (κ2) is 4.86. The third-order valence-electron chi connectivity index (χ3n) is 2.03. The quantitative estimate of drug-likeness (QED) is 0.576. The van der Waals surface area contributed by atoms with Gasteiger partial charge >= 0.3 is 0 Å². The maximum Gasteiger partial charge on any atom is 0.238 e. The molecule has 1 rings (SSSR count). The van der Waals surface area contributed by atoms with Crippen LogP contribution in [0, 0.1) is 12.0 Å². The summed E-state index contributed by atoms with van der Waals surface area (Å²) in [6.45, 7) is 3.67. The number of hydrogen-bond donors (Lipinski definition) is 0. The van der Waals surface area contributed by atoms with Gasteiger partial charge in [-0.1, -0.05) is 30.9 Å². The van der Waals surface area contributed by atoms with Crippen LogP contribution in [0.5, 0.6) is 0 Å². The van der Waals surface area contributed by atoms with Crippen molar-refractivity contribution in [1.29, 1.82) is 0 Å². The van der Waals surface area contributed by atoms with E-state index in [4.69, 9.17) is 0 Å². The Bertz CT molecular complexity index is 550. The van der Waals surface area contributed by atoms with E-state index in [1.165, 1.54) is 7.05 Å².